The standard InChI is InChI=1S/C13H25NO4/c15-12(9-18-8-11-1-2-11)7-14-10-13(16)3-5-17-6-4-13/h11-12,14-16H,1-10H2. The molecule has 18 heavy (non-hydrogen) atoms. The first-order valence-electron chi connectivity index (χ1n) is 6.95. The highest BCUT2D eigenvalue weighted by molar-refractivity contribution is 4.83. The van der Waals surface area contributed by atoms with E-state index in [9.17, 15) is 10.2 Å². The van der Waals surface area contributed by atoms with Crippen molar-refractivity contribution in [3.63, 3.8) is 0 Å². The molecule has 5 nitrogen and oxygen atoms in total. The van der Waals surface area contributed by atoms with E-state index >= 15 is 0 Å². The molecule has 1 atom stereocenters. The summed E-state index contributed by atoms with van der Waals surface area (Å²) in [7, 11) is 0. The van der Waals surface area contributed by atoms with E-state index in [1.54, 1.807) is 0 Å². The van der Waals surface area contributed by atoms with Crippen molar-refractivity contribution < 1.29 is 19.7 Å². The van der Waals surface area contributed by atoms with Crippen LogP contribution in [0.4, 0.5) is 0 Å². The minimum absolute atomic E-state index is 0.380. The highest BCUT2D eigenvalue weighted by Crippen LogP contribution is 2.28. The molecule has 2 aliphatic rings. The topological polar surface area (TPSA) is 71.0 Å². The largest absolute Gasteiger partial charge is 0.389 e. The lowest BCUT2D eigenvalue weighted by Gasteiger charge is -2.32. The molecule has 0 aromatic heterocycles. The van der Waals surface area contributed by atoms with E-state index in [0.29, 0.717) is 45.8 Å². The normalized spacial score (nSPS) is 25.0. The maximum atomic E-state index is 10.2. The Balaban J connectivity index is 1.50. The predicted molar refractivity (Wildman–Crippen MR) is 67.4 cm³/mol. The molecule has 1 saturated heterocycles. The molecule has 0 aromatic carbocycles. The van der Waals surface area contributed by atoms with Crippen LogP contribution in [0.2, 0.25) is 0 Å². The third kappa shape index (κ3) is 5.20. The molecule has 1 saturated carbocycles. The summed E-state index contributed by atoms with van der Waals surface area (Å²) in [6, 6.07) is 0. The van der Waals surface area contributed by atoms with Crippen LogP contribution >= 0.6 is 0 Å². The first kappa shape index (κ1) is 14.2. The molecule has 106 valence electrons. The van der Waals surface area contributed by atoms with Crippen LogP contribution in [-0.2, 0) is 9.47 Å². The van der Waals surface area contributed by atoms with E-state index in [1.165, 1.54) is 12.8 Å². The van der Waals surface area contributed by atoms with Crippen LogP contribution in [0.1, 0.15) is 25.7 Å². The van der Waals surface area contributed by atoms with Crippen LogP contribution in [0, 0.1) is 5.92 Å². The maximum absolute atomic E-state index is 10.2. The summed E-state index contributed by atoms with van der Waals surface area (Å²) in [6.07, 6.45) is 3.36. The van der Waals surface area contributed by atoms with Crippen LogP contribution in [0.5, 0.6) is 0 Å². The molecule has 0 radical (unpaired) electrons. The predicted octanol–water partition coefficient (Wildman–Crippen LogP) is -0.0950. The van der Waals surface area contributed by atoms with Crippen LogP contribution in [0.15, 0.2) is 0 Å². The van der Waals surface area contributed by atoms with Gasteiger partial charge in [0.25, 0.3) is 0 Å². The fourth-order valence-corrected chi connectivity index (χ4v) is 2.11. The smallest absolute Gasteiger partial charge is 0.0897 e. The van der Waals surface area contributed by atoms with E-state index in [1.807, 2.05) is 0 Å². The average molecular weight is 259 g/mol. The second kappa shape index (κ2) is 6.82. The monoisotopic (exact) mass is 259 g/mol. The van der Waals surface area contributed by atoms with Crippen molar-refractivity contribution in [2.45, 2.75) is 37.4 Å². The summed E-state index contributed by atoms with van der Waals surface area (Å²) in [5, 5.41) is 23.0. The van der Waals surface area contributed by atoms with Crippen molar-refractivity contribution in [1.29, 1.82) is 0 Å². The van der Waals surface area contributed by atoms with Gasteiger partial charge in [-0.2, -0.15) is 0 Å². The lowest BCUT2D eigenvalue weighted by Crippen LogP contribution is -2.47. The highest BCUT2D eigenvalue weighted by Gasteiger charge is 2.29. The lowest BCUT2D eigenvalue weighted by atomic mass is 9.94. The summed E-state index contributed by atoms with van der Waals surface area (Å²) in [5.41, 5.74) is -0.674. The van der Waals surface area contributed by atoms with Gasteiger partial charge in [-0.05, 0) is 18.8 Å². The molecular formula is C13H25NO4. The molecule has 0 amide bonds. The van der Waals surface area contributed by atoms with Gasteiger partial charge in [-0.15, -0.1) is 0 Å². The van der Waals surface area contributed by atoms with E-state index in [0.717, 1.165) is 12.5 Å². The van der Waals surface area contributed by atoms with Gasteiger partial charge in [0.1, 0.15) is 0 Å². The van der Waals surface area contributed by atoms with E-state index < -0.39 is 11.7 Å². The van der Waals surface area contributed by atoms with Crippen molar-refractivity contribution in [2.24, 2.45) is 5.92 Å². The van der Waals surface area contributed by atoms with Gasteiger partial charge in [-0.1, -0.05) is 0 Å². The zero-order chi connectivity index (χ0) is 12.8. The summed E-state index contributed by atoms with van der Waals surface area (Å²) in [5.74, 6) is 0.730. The van der Waals surface area contributed by atoms with Gasteiger partial charge in [0.05, 0.1) is 18.3 Å². The molecule has 1 unspecified atom stereocenters. The molecule has 1 aliphatic carbocycles. The molecule has 0 bridgehead atoms. The second-order valence-electron chi connectivity index (χ2n) is 5.60. The quantitative estimate of drug-likeness (QED) is 0.568. The van der Waals surface area contributed by atoms with Crippen molar-refractivity contribution in [1.82, 2.24) is 5.32 Å². The first-order valence-corrected chi connectivity index (χ1v) is 6.95. The molecule has 5 heteroatoms. The summed E-state index contributed by atoms with van der Waals surface area (Å²) >= 11 is 0. The van der Waals surface area contributed by atoms with Crippen molar-refractivity contribution >= 4 is 0 Å². The first-order chi connectivity index (χ1) is 8.68. The van der Waals surface area contributed by atoms with E-state index in [4.69, 9.17) is 9.47 Å². The minimum atomic E-state index is -0.674. The molecule has 0 aromatic rings. The molecule has 0 spiro atoms. The van der Waals surface area contributed by atoms with Crippen LogP contribution in [0.25, 0.3) is 0 Å². The molecular weight excluding hydrogens is 234 g/mol. The second-order valence-corrected chi connectivity index (χ2v) is 5.60. The van der Waals surface area contributed by atoms with E-state index in [2.05, 4.69) is 5.32 Å². The summed E-state index contributed by atoms with van der Waals surface area (Å²) < 4.78 is 10.6. The number of aliphatic hydroxyl groups excluding tert-OH is 1. The molecule has 3 N–H and O–H groups in total. The van der Waals surface area contributed by atoms with Gasteiger partial charge < -0.3 is 25.0 Å². The number of aliphatic hydroxyl groups is 2. The zero-order valence-electron chi connectivity index (χ0n) is 10.9. The minimum Gasteiger partial charge on any atom is -0.389 e. The highest BCUT2D eigenvalue weighted by atomic mass is 16.5. The van der Waals surface area contributed by atoms with Crippen molar-refractivity contribution in [2.75, 3.05) is 39.5 Å². The number of hydrogen-bond donors (Lipinski definition) is 3. The Labute approximate surface area is 108 Å². The van der Waals surface area contributed by atoms with Crippen LogP contribution < -0.4 is 5.32 Å². The lowest BCUT2D eigenvalue weighted by molar-refractivity contribution is -0.0632. The Bertz CT molecular complexity index is 239. The van der Waals surface area contributed by atoms with Crippen molar-refractivity contribution in [3.05, 3.63) is 0 Å². The Hall–Kier alpha value is -0.200. The van der Waals surface area contributed by atoms with Gasteiger partial charge >= 0.3 is 0 Å². The Morgan fingerprint density at radius 1 is 1.33 bits per heavy atom. The Morgan fingerprint density at radius 3 is 2.72 bits per heavy atom. The third-order valence-electron chi connectivity index (χ3n) is 3.62. The maximum Gasteiger partial charge on any atom is 0.0897 e. The van der Waals surface area contributed by atoms with Gasteiger partial charge in [0.2, 0.25) is 0 Å². The Morgan fingerprint density at radius 2 is 2.06 bits per heavy atom. The van der Waals surface area contributed by atoms with E-state index in [-0.39, 0.29) is 0 Å². The summed E-state index contributed by atoms with van der Waals surface area (Å²) in [4.78, 5) is 0. The summed E-state index contributed by atoms with van der Waals surface area (Å²) in [6.45, 7) is 3.36. The van der Waals surface area contributed by atoms with Gasteiger partial charge in [0.15, 0.2) is 0 Å². The Kier molecular flexibility index (Phi) is 5.38. The third-order valence-corrected chi connectivity index (χ3v) is 3.62. The SMILES string of the molecule is OC(CNCC1(O)CCOCC1)COCC1CC1. The molecule has 1 aliphatic heterocycles. The molecule has 2 fully saturated rings. The zero-order valence-corrected chi connectivity index (χ0v) is 10.9. The molecule has 2 rings (SSSR count). The van der Waals surface area contributed by atoms with Crippen LogP contribution in [0.3, 0.4) is 0 Å². The fraction of sp³-hybridized carbons (Fsp3) is 1.00. The molecule has 1 heterocycles. The van der Waals surface area contributed by atoms with Gasteiger partial charge in [-0.25, -0.2) is 0 Å². The van der Waals surface area contributed by atoms with Gasteiger partial charge in [0, 0.05) is 45.8 Å². The number of rotatable bonds is 8. The fourth-order valence-electron chi connectivity index (χ4n) is 2.11. The van der Waals surface area contributed by atoms with Crippen LogP contribution in [-0.4, -0.2) is 61.4 Å². The number of nitrogens with one attached hydrogen (secondary N) is 1. The number of ether oxygens (including phenoxy) is 2. The average Bonchev–Trinajstić information content (AvgIpc) is 3.14. The van der Waals surface area contributed by atoms with Gasteiger partial charge in [-0.3, -0.25) is 0 Å². The van der Waals surface area contributed by atoms with Crippen molar-refractivity contribution in [3.8, 4) is 0 Å². The number of hydrogen-bond acceptors (Lipinski definition) is 5.